The fourth-order valence-corrected chi connectivity index (χ4v) is 2.82. The summed E-state index contributed by atoms with van der Waals surface area (Å²) >= 11 is 0. The van der Waals surface area contributed by atoms with Gasteiger partial charge in [0.1, 0.15) is 17.5 Å². The Morgan fingerprint density at radius 3 is 2.58 bits per heavy atom. The van der Waals surface area contributed by atoms with Crippen LogP contribution in [-0.2, 0) is 4.79 Å². The molecule has 0 spiro atoms. The molecular weight excluding hydrogens is 310 g/mol. The standard InChI is InChI=1S/C17H25N3O4/c1-19(16(21)15-5-3-11-20(15)17(18)22)10-4-12-24-14-8-6-13(23-2)7-9-14/h6-9,15H,3-5,10-12H2,1-2H3,(H2,18,22)/t15-/m0/s1. The molecule has 0 unspecified atom stereocenters. The van der Waals surface area contributed by atoms with Crippen molar-refractivity contribution in [3.8, 4) is 11.5 Å². The van der Waals surface area contributed by atoms with E-state index < -0.39 is 12.1 Å². The minimum Gasteiger partial charge on any atom is -0.497 e. The highest BCUT2D eigenvalue weighted by Gasteiger charge is 2.34. The van der Waals surface area contributed by atoms with E-state index in [0.717, 1.165) is 17.9 Å². The first kappa shape index (κ1) is 17.9. The van der Waals surface area contributed by atoms with E-state index in [2.05, 4.69) is 0 Å². The fraction of sp³-hybridized carbons (Fsp3) is 0.529. The van der Waals surface area contributed by atoms with E-state index in [0.29, 0.717) is 32.5 Å². The number of amides is 3. The van der Waals surface area contributed by atoms with Gasteiger partial charge in [0.15, 0.2) is 0 Å². The van der Waals surface area contributed by atoms with Gasteiger partial charge in [-0.25, -0.2) is 4.79 Å². The highest BCUT2D eigenvalue weighted by atomic mass is 16.5. The van der Waals surface area contributed by atoms with Crippen LogP contribution in [0, 0.1) is 0 Å². The van der Waals surface area contributed by atoms with E-state index >= 15 is 0 Å². The van der Waals surface area contributed by atoms with Crippen LogP contribution >= 0.6 is 0 Å². The molecule has 0 aromatic heterocycles. The number of primary amides is 1. The van der Waals surface area contributed by atoms with Gasteiger partial charge in [-0.1, -0.05) is 0 Å². The number of hydrogen-bond acceptors (Lipinski definition) is 4. The van der Waals surface area contributed by atoms with Gasteiger partial charge in [-0.15, -0.1) is 0 Å². The summed E-state index contributed by atoms with van der Waals surface area (Å²) < 4.78 is 10.7. The Hall–Kier alpha value is -2.44. The quantitative estimate of drug-likeness (QED) is 0.765. The van der Waals surface area contributed by atoms with E-state index in [9.17, 15) is 9.59 Å². The van der Waals surface area contributed by atoms with Crippen LogP contribution in [0.1, 0.15) is 19.3 Å². The Morgan fingerprint density at radius 1 is 1.29 bits per heavy atom. The first-order valence-corrected chi connectivity index (χ1v) is 8.11. The third-order valence-electron chi connectivity index (χ3n) is 4.16. The lowest BCUT2D eigenvalue weighted by molar-refractivity contribution is -0.133. The van der Waals surface area contributed by atoms with Crippen LogP contribution in [0.2, 0.25) is 0 Å². The number of carbonyl (C=O) groups excluding carboxylic acids is 2. The van der Waals surface area contributed by atoms with Crippen molar-refractivity contribution < 1.29 is 19.1 Å². The van der Waals surface area contributed by atoms with E-state index in [1.54, 1.807) is 19.1 Å². The molecule has 0 bridgehead atoms. The van der Waals surface area contributed by atoms with Crippen molar-refractivity contribution >= 4 is 11.9 Å². The number of carbonyl (C=O) groups is 2. The van der Waals surface area contributed by atoms with Crippen molar-refractivity contribution in [2.75, 3.05) is 33.9 Å². The Kier molecular flexibility index (Phi) is 6.28. The number of ether oxygens (including phenoxy) is 2. The van der Waals surface area contributed by atoms with Gasteiger partial charge in [0.2, 0.25) is 5.91 Å². The van der Waals surface area contributed by atoms with Gasteiger partial charge >= 0.3 is 6.03 Å². The number of benzene rings is 1. The van der Waals surface area contributed by atoms with Crippen LogP contribution in [0.3, 0.4) is 0 Å². The van der Waals surface area contributed by atoms with Crippen molar-refractivity contribution in [3.05, 3.63) is 24.3 Å². The second kappa shape index (κ2) is 8.42. The third kappa shape index (κ3) is 4.53. The summed E-state index contributed by atoms with van der Waals surface area (Å²) in [5.41, 5.74) is 5.32. The molecule has 0 aliphatic carbocycles. The first-order valence-electron chi connectivity index (χ1n) is 8.11. The van der Waals surface area contributed by atoms with Gasteiger partial charge in [0.05, 0.1) is 13.7 Å². The first-order chi connectivity index (χ1) is 11.5. The lowest BCUT2D eigenvalue weighted by Gasteiger charge is -2.26. The molecule has 1 fully saturated rings. The number of methoxy groups -OCH3 is 1. The van der Waals surface area contributed by atoms with E-state index in [1.165, 1.54) is 4.90 Å². The van der Waals surface area contributed by atoms with E-state index in [1.807, 2.05) is 24.3 Å². The number of rotatable bonds is 7. The largest absolute Gasteiger partial charge is 0.497 e. The van der Waals surface area contributed by atoms with Gasteiger partial charge in [-0.2, -0.15) is 0 Å². The molecule has 1 saturated heterocycles. The van der Waals surface area contributed by atoms with Gasteiger partial charge in [0.25, 0.3) is 0 Å². The summed E-state index contributed by atoms with van der Waals surface area (Å²) in [5.74, 6) is 1.49. The number of nitrogens with zero attached hydrogens (tertiary/aromatic N) is 2. The van der Waals surface area contributed by atoms with Crippen LogP contribution in [0.15, 0.2) is 24.3 Å². The molecule has 132 valence electrons. The van der Waals surface area contributed by atoms with Gasteiger partial charge in [-0.3, -0.25) is 4.79 Å². The third-order valence-corrected chi connectivity index (χ3v) is 4.16. The summed E-state index contributed by atoms with van der Waals surface area (Å²) in [6, 6.07) is 6.41. The molecule has 1 aliphatic heterocycles. The summed E-state index contributed by atoms with van der Waals surface area (Å²) in [5, 5.41) is 0. The molecule has 0 saturated carbocycles. The second-order valence-corrected chi connectivity index (χ2v) is 5.83. The fourth-order valence-electron chi connectivity index (χ4n) is 2.82. The second-order valence-electron chi connectivity index (χ2n) is 5.83. The number of likely N-dealkylation sites (N-methyl/N-ethyl adjacent to an activating group) is 1. The zero-order valence-electron chi connectivity index (χ0n) is 14.2. The highest BCUT2D eigenvalue weighted by Crippen LogP contribution is 2.19. The minimum absolute atomic E-state index is 0.0595. The number of urea groups is 1. The molecule has 24 heavy (non-hydrogen) atoms. The smallest absolute Gasteiger partial charge is 0.315 e. The molecule has 1 atom stereocenters. The predicted molar refractivity (Wildman–Crippen MR) is 90.1 cm³/mol. The van der Waals surface area contributed by atoms with Gasteiger partial charge in [0, 0.05) is 20.1 Å². The number of hydrogen-bond donors (Lipinski definition) is 1. The molecule has 2 rings (SSSR count). The molecule has 1 heterocycles. The zero-order chi connectivity index (χ0) is 17.5. The van der Waals surface area contributed by atoms with Crippen molar-refractivity contribution in [2.24, 2.45) is 5.73 Å². The van der Waals surface area contributed by atoms with Crippen LogP contribution in [-0.4, -0.2) is 61.6 Å². The normalized spacial score (nSPS) is 16.8. The maximum Gasteiger partial charge on any atom is 0.315 e. The summed E-state index contributed by atoms with van der Waals surface area (Å²) in [6.07, 6.45) is 2.19. The monoisotopic (exact) mass is 335 g/mol. The molecule has 3 amide bonds. The molecule has 7 heteroatoms. The molecule has 7 nitrogen and oxygen atoms in total. The molecule has 1 aliphatic rings. The van der Waals surface area contributed by atoms with Crippen molar-refractivity contribution in [1.29, 1.82) is 0 Å². The molecule has 2 N–H and O–H groups in total. The number of likely N-dealkylation sites (tertiary alicyclic amines) is 1. The SMILES string of the molecule is COc1ccc(OCCCN(C)C(=O)[C@@H]2CCCN2C(N)=O)cc1. The van der Waals surface area contributed by atoms with Crippen molar-refractivity contribution in [1.82, 2.24) is 9.80 Å². The van der Waals surface area contributed by atoms with Gasteiger partial charge in [-0.05, 0) is 43.5 Å². The Morgan fingerprint density at radius 2 is 1.96 bits per heavy atom. The molecule has 1 aromatic rings. The lowest BCUT2D eigenvalue weighted by atomic mass is 10.2. The maximum absolute atomic E-state index is 12.4. The van der Waals surface area contributed by atoms with Crippen LogP contribution in [0.4, 0.5) is 4.79 Å². The maximum atomic E-state index is 12.4. The predicted octanol–water partition coefficient (Wildman–Crippen LogP) is 1.47. The van der Waals surface area contributed by atoms with Crippen molar-refractivity contribution in [2.45, 2.75) is 25.3 Å². The Balaban J connectivity index is 1.73. The lowest BCUT2D eigenvalue weighted by Crippen LogP contribution is -2.48. The van der Waals surface area contributed by atoms with E-state index in [-0.39, 0.29) is 5.91 Å². The zero-order valence-corrected chi connectivity index (χ0v) is 14.2. The van der Waals surface area contributed by atoms with E-state index in [4.69, 9.17) is 15.2 Å². The summed E-state index contributed by atoms with van der Waals surface area (Å²) in [6.45, 7) is 1.63. The minimum atomic E-state index is -0.526. The summed E-state index contributed by atoms with van der Waals surface area (Å²) in [4.78, 5) is 26.9. The Labute approximate surface area is 142 Å². The highest BCUT2D eigenvalue weighted by molar-refractivity contribution is 5.87. The average molecular weight is 335 g/mol. The van der Waals surface area contributed by atoms with Crippen molar-refractivity contribution in [3.63, 3.8) is 0 Å². The van der Waals surface area contributed by atoms with Crippen LogP contribution < -0.4 is 15.2 Å². The average Bonchev–Trinajstić information content (AvgIpc) is 3.08. The van der Waals surface area contributed by atoms with Crippen LogP contribution in [0.5, 0.6) is 11.5 Å². The van der Waals surface area contributed by atoms with Gasteiger partial charge < -0.3 is 25.0 Å². The Bertz CT molecular complexity index is 561. The van der Waals surface area contributed by atoms with Crippen LogP contribution in [0.25, 0.3) is 0 Å². The molecule has 1 aromatic carbocycles. The molecular formula is C17H25N3O4. The molecule has 0 radical (unpaired) electrons. The summed E-state index contributed by atoms with van der Waals surface area (Å²) in [7, 11) is 3.36. The number of nitrogens with two attached hydrogens (primary N) is 1. The topological polar surface area (TPSA) is 85.1 Å².